The Labute approximate surface area is 70.8 Å². The zero-order chi connectivity index (χ0) is 8.55. The molecule has 0 heterocycles. The lowest BCUT2D eigenvalue weighted by molar-refractivity contribution is -0.138. The van der Waals surface area contributed by atoms with Crippen molar-refractivity contribution < 1.29 is 9.90 Å². The van der Waals surface area contributed by atoms with E-state index in [1.165, 1.54) is 11.1 Å². The van der Waals surface area contributed by atoms with Gasteiger partial charge in [0.25, 0.3) is 0 Å². The number of carboxylic acid groups (broad SMARTS) is 1. The zero-order valence-electron chi connectivity index (χ0n) is 6.66. The van der Waals surface area contributed by atoms with Gasteiger partial charge < -0.3 is 5.11 Å². The number of rotatable bonds is 1. The highest BCUT2D eigenvalue weighted by Crippen LogP contribution is 2.29. The fourth-order valence-electron chi connectivity index (χ4n) is 0.993. The molecule has 1 fully saturated rings. The van der Waals surface area contributed by atoms with Crippen molar-refractivity contribution in [3.05, 3.63) is 24.3 Å². The van der Waals surface area contributed by atoms with E-state index >= 15 is 0 Å². The second-order valence-electron chi connectivity index (χ2n) is 3.19. The Morgan fingerprint density at radius 1 is 1.17 bits per heavy atom. The van der Waals surface area contributed by atoms with E-state index in [9.17, 15) is 4.79 Å². The molecule has 0 aliphatic heterocycles. The molecule has 0 spiro atoms. The van der Waals surface area contributed by atoms with Gasteiger partial charge in [-0.2, -0.15) is 0 Å². The first kappa shape index (κ1) is 7.35. The van der Waals surface area contributed by atoms with E-state index in [0.29, 0.717) is 0 Å². The van der Waals surface area contributed by atoms with Crippen LogP contribution in [0.25, 0.3) is 11.1 Å². The van der Waals surface area contributed by atoms with Gasteiger partial charge in [0.2, 0.25) is 0 Å². The van der Waals surface area contributed by atoms with E-state index in [1.807, 2.05) is 0 Å². The van der Waals surface area contributed by atoms with Crippen molar-refractivity contribution in [2.75, 3.05) is 0 Å². The summed E-state index contributed by atoms with van der Waals surface area (Å²) in [6.07, 6.45) is 1.80. The topological polar surface area (TPSA) is 37.3 Å². The van der Waals surface area contributed by atoms with Crippen LogP contribution in [0.2, 0.25) is 0 Å². The molecule has 3 aliphatic carbocycles. The minimum Gasteiger partial charge on any atom is -0.481 e. The Hall–Kier alpha value is -1.31. The SMILES string of the molecule is O=C(O)C1CC1.c1cc2ccc1-2. The maximum absolute atomic E-state index is 9.76. The summed E-state index contributed by atoms with van der Waals surface area (Å²) in [4.78, 5) is 9.76. The summed E-state index contributed by atoms with van der Waals surface area (Å²) < 4.78 is 0. The Morgan fingerprint density at radius 3 is 1.58 bits per heavy atom. The number of fused-ring (bicyclic) bond motifs is 1. The predicted molar refractivity (Wildman–Crippen MR) is 45.8 cm³/mol. The lowest BCUT2D eigenvalue weighted by Crippen LogP contribution is -1.94. The normalized spacial score (nSPS) is 16.0. The number of benzene rings is 1. The molecular formula is C10H10O2. The highest BCUT2D eigenvalue weighted by molar-refractivity contribution is 5.75. The number of hydrogen-bond acceptors (Lipinski definition) is 1. The fraction of sp³-hybridized carbons (Fsp3) is 0.300. The molecule has 1 saturated carbocycles. The van der Waals surface area contributed by atoms with E-state index in [-0.39, 0.29) is 5.92 Å². The molecule has 2 heteroatoms. The van der Waals surface area contributed by atoms with Crippen LogP contribution < -0.4 is 0 Å². The summed E-state index contributed by atoms with van der Waals surface area (Å²) in [5.74, 6) is -0.611. The first-order chi connectivity index (χ1) is 5.77. The first-order valence-electron chi connectivity index (χ1n) is 4.10. The number of hydrogen-bond donors (Lipinski definition) is 1. The molecule has 0 aromatic carbocycles. The molecular weight excluding hydrogens is 152 g/mol. The van der Waals surface area contributed by atoms with Gasteiger partial charge in [-0.3, -0.25) is 4.79 Å². The van der Waals surface area contributed by atoms with Crippen LogP contribution in [0.1, 0.15) is 12.8 Å². The standard InChI is InChI=1S/C6H4.C4H6O2/c1-2-6-4-3-5(1)6;5-4(6)3-1-2-3/h1-4H;3H,1-2H2,(H,5,6). The van der Waals surface area contributed by atoms with Crippen LogP contribution in [0, 0.1) is 5.92 Å². The van der Waals surface area contributed by atoms with Gasteiger partial charge in [0.1, 0.15) is 0 Å². The predicted octanol–water partition coefficient (Wildman–Crippen LogP) is 2.15. The molecule has 0 amide bonds. The lowest BCUT2D eigenvalue weighted by Gasteiger charge is -2.10. The van der Waals surface area contributed by atoms with Gasteiger partial charge in [0.05, 0.1) is 5.92 Å². The van der Waals surface area contributed by atoms with E-state index < -0.39 is 5.97 Å². The van der Waals surface area contributed by atoms with Crippen LogP contribution in [-0.4, -0.2) is 11.1 Å². The van der Waals surface area contributed by atoms with Crippen LogP contribution in [0.3, 0.4) is 0 Å². The molecule has 2 nitrogen and oxygen atoms in total. The second kappa shape index (κ2) is 2.63. The second-order valence-corrected chi connectivity index (χ2v) is 3.19. The first-order valence-corrected chi connectivity index (χ1v) is 4.10. The highest BCUT2D eigenvalue weighted by atomic mass is 16.4. The molecule has 62 valence electrons. The third-order valence-electron chi connectivity index (χ3n) is 2.14. The van der Waals surface area contributed by atoms with Gasteiger partial charge in [0, 0.05) is 0 Å². The zero-order valence-corrected chi connectivity index (χ0v) is 6.66. The molecule has 0 radical (unpaired) electrons. The molecule has 1 N–H and O–H groups in total. The van der Waals surface area contributed by atoms with Crippen molar-refractivity contribution in [1.29, 1.82) is 0 Å². The lowest BCUT2D eigenvalue weighted by atomic mass is 9.95. The Kier molecular flexibility index (Phi) is 1.61. The van der Waals surface area contributed by atoms with Gasteiger partial charge in [-0.25, -0.2) is 0 Å². The van der Waals surface area contributed by atoms with E-state index in [1.54, 1.807) is 0 Å². The van der Waals surface area contributed by atoms with Crippen LogP contribution in [0.4, 0.5) is 0 Å². The van der Waals surface area contributed by atoms with Crippen LogP contribution in [0.5, 0.6) is 0 Å². The molecule has 12 heavy (non-hydrogen) atoms. The minimum atomic E-state index is -0.630. The van der Waals surface area contributed by atoms with Crippen molar-refractivity contribution in [2.45, 2.75) is 12.8 Å². The summed E-state index contributed by atoms with van der Waals surface area (Å²) in [6.45, 7) is 0. The third kappa shape index (κ3) is 1.33. The van der Waals surface area contributed by atoms with Gasteiger partial charge in [-0.15, -0.1) is 0 Å². The average molecular weight is 162 g/mol. The van der Waals surface area contributed by atoms with Crippen molar-refractivity contribution in [1.82, 2.24) is 0 Å². The van der Waals surface area contributed by atoms with Gasteiger partial charge in [-0.1, -0.05) is 24.3 Å². The van der Waals surface area contributed by atoms with Crippen LogP contribution in [0.15, 0.2) is 24.3 Å². The fourth-order valence-corrected chi connectivity index (χ4v) is 0.993. The molecule has 0 unspecified atom stereocenters. The average Bonchev–Trinajstić information content (AvgIpc) is 2.79. The quantitative estimate of drug-likeness (QED) is 0.697. The Bertz CT molecular complexity index is 275. The molecule has 3 aliphatic rings. The molecule has 0 bridgehead atoms. The monoisotopic (exact) mass is 162 g/mol. The van der Waals surface area contributed by atoms with Crippen molar-refractivity contribution >= 4 is 5.97 Å². The number of carbonyl (C=O) groups is 1. The Balaban J connectivity index is 0.0000000939. The van der Waals surface area contributed by atoms with Crippen molar-refractivity contribution in [3.8, 4) is 11.1 Å². The van der Waals surface area contributed by atoms with E-state index in [2.05, 4.69) is 24.3 Å². The summed E-state index contributed by atoms with van der Waals surface area (Å²) >= 11 is 0. The minimum absolute atomic E-state index is 0.0185. The summed E-state index contributed by atoms with van der Waals surface area (Å²) in [6, 6.07) is 8.48. The Morgan fingerprint density at radius 2 is 1.58 bits per heavy atom. The molecule has 0 atom stereocenters. The molecule has 0 aromatic rings. The summed E-state index contributed by atoms with van der Waals surface area (Å²) in [5.41, 5.74) is 2.85. The largest absolute Gasteiger partial charge is 0.481 e. The van der Waals surface area contributed by atoms with Crippen LogP contribution in [-0.2, 0) is 4.79 Å². The summed E-state index contributed by atoms with van der Waals surface area (Å²) in [7, 11) is 0. The van der Waals surface area contributed by atoms with Gasteiger partial charge >= 0.3 is 5.97 Å². The number of carboxylic acids is 1. The maximum Gasteiger partial charge on any atom is 0.306 e. The van der Waals surface area contributed by atoms with Crippen LogP contribution >= 0.6 is 0 Å². The summed E-state index contributed by atoms with van der Waals surface area (Å²) in [5, 5.41) is 8.05. The maximum atomic E-state index is 9.76. The number of aliphatic carboxylic acids is 1. The van der Waals surface area contributed by atoms with Crippen molar-refractivity contribution in [2.24, 2.45) is 5.92 Å². The molecule has 0 saturated heterocycles. The third-order valence-corrected chi connectivity index (χ3v) is 2.14. The molecule has 3 rings (SSSR count). The smallest absolute Gasteiger partial charge is 0.306 e. The van der Waals surface area contributed by atoms with Crippen molar-refractivity contribution in [3.63, 3.8) is 0 Å². The van der Waals surface area contributed by atoms with Gasteiger partial charge in [0.15, 0.2) is 0 Å². The highest BCUT2D eigenvalue weighted by Gasteiger charge is 2.28. The van der Waals surface area contributed by atoms with E-state index in [0.717, 1.165) is 12.8 Å². The van der Waals surface area contributed by atoms with Gasteiger partial charge in [-0.05, 0) is 24.0 Å². The van der Waals surface area contributed by atoms with E-state index in [4.69, 9.17) is 5.11 Å². The molecule has 0 aromatic heterocycles.